The van der Waals surface area contributed by atoms with Crippen molar-refractivity contribution in [2.24, 2.45) is 0 Å². The number of nitrogens with one attached hydrogen (secondary N) is 1. The van der Waals surface area contributed by atoms with E-state index in [1.54, 1.807) is 42.5 Å². The summed E-state index contributed by atoms with van der Waals surface area (Å²) in [7, 11) is 1.45. The molecule has 0 unspecified atom stereocenters. The van der Waals surface area contributed by atoms with Crippen molar-refractivity contribution < 1.29 is 14.3 Å². The average molecular weight is 326 g/mol. The van der Waals surface area contributed by atoms with Gasteiger partial charge in [0.2, 0.25) is 5.91 Å². The first-order valence-corrected chi connectivity index (χ1v) is 6.86. The molecule has 21 heavy (non-hydrogen) atoms. The fourth-order valence-electron chi connectivity index (χ4n) is 1.64. The van der Waals surface area contributed by atoms with Gasteiger partial charge < -0.3 is 14.8 Å². The van der Waals surface area contributed by atoms with Crippen LogP contribution in [-0.4, -0.2) is 19.6 Å². The molecule has 0 spiro atoms. The van der Waals surface area contributed by atoms with Gasteiger partial charge >= 0.3 is 0 Å². The van der Waals surface area contributed by atoms with E-state index in [9.17, 15) is 4.79 Å². The normalized spacial score (nSPS) is 10.2. The van der Waals surface area contributed by atoms with Gasteiger partial charge in [0, 0.05) is 17.2 Å². The van der Waals surface area contributed by atoms with E-state index in [4.69, 9.17) is 32.7 Å². The van der Waals surface area contributed by atoms with E-state index < -0.39 is 0 Å². The van der Waals surface area contributed by atoms with E-state index in [1.807, 2.05) is 0 Å². The lowest BCUT2D eigenvalue weighted by Gasteiger charge is -2.12. The maximum atomic E-state index is 11.6. The summed E-state index contributed by atoms with van der Waals surface area (Å²) in [5.41, 5.74) is 0.472. The maximum absolute atomic E-state index is 11.6. The number of carbonyl (C=O) groups is 1. The minimum absolute atomic E-state index is 0.0487. The third-order valence-corrected chi connectivity index (χ3v) is 3.02. The molecule has 0 fully saturated rings. The Kier molecular flexibility index (Phi) is 5.44. The van der Waals surface area contributed by atoms with Gasteiger partial charge in [-0.15, -0.1) is 0 Å². The number of carbonyl (C=O) groups excluding carboxylic acids is 1. The van der Waals surface area contributed by atoms with Crippen molar-refractivity contribution in [2.75, 3.05) is 19.0 Å². The molecule has 0 aromatic heterocycles. The van der Waals surface area contributed by atoms with Crippen LogP contribution in [0.15, 0.2) is 42.5 Å². The van der Waals surface area contributed by atoms with E-state index in [0.717, 1.165) is 0 Å². The number of rotatable bonds is 5. The molecule has 1 N–H and O–H groups in total. The monoisotopic (exact) mass is 325 g/mol. The number of amides is 1. The van der Waals surface area contributed by atoms with Crippen molar-refractivity contribution in [3.05, 3.63) is 52.5 Å². The Balaban J connectivity index is 2.21. The van der Waals surface area contributed by atoms with Crippen molar-refractivity contribution in [1.82, 2.24) is 0 Å². The number of methoxy groups -OCH3 is 1. The maximum Gasteiger partial charge on any atom is 0.250 e. The first kappa shape index (κ1) is 15.6. The van der Waals surface area contributed by atoms with E-state index in [1.165, 1.54) is 7.11 Å². The van der Waals surface area contributed by atoms with Crippen molar-refractivity contribution in [2.45, 2.75) is 0 Å². The Hall–Kier alpha value is -1.75. The lowest BCUT2D eigenvalue weighted by Crippen LogP contribution is -2.17. The van der Waals surface area contributed by atoms with Gasteiger partial charge in [-0.05, 0) is 42.5 Å². The molecule has 4 nitrogen and oxygen atoms in total. The minimum Gasteiger partial charge on any atom is -0.455 e. The molecule has 0 atom stereocenters. The zero-order chi connectivity index (χ0) is 15.2. The van der Waals surface area contributed by atoms with Gasteiger partial charge in [-0.2, -0.15) is 0 Å². The Labute approximate surface area is 132 Å². The minimum atomic E-state index is -0.291. The molecule has 0 radical (unpaired) electrons. The number of ether oxygens (including phenoxy) is 2. The number of hydrogen-bond acceptors (Lipinski definition) is 3. The van der Waals surface area contributed by atoms with Crippen LogP contribution in [0.1, 0.15) is 0 Å². The summed E-state index contributed by atoms with van der Waals surface area (Å²) in [5, 5.41) is 3.79. The Morgan fingerprint density at radius 3 is 2.43 bits per heavy atom. The van der Waals surface area contributed by atoms with E-state index in [2.05, 4.69) is 5.32 Å². The summed E-state index contributed by atoms with van der Waals surface area (Å²) in [6, 6.07) is 11.9. The lowest BCUT2D eigenvalue weighted by molar-refractivity contribution is -0.119. The van der Waals surface area contributed by atoms with Crippen LogP contribution in [0, 0.1) is 0 Å². The largest absolute Gasteiger partial charge is 0.455 e. The molecule has 2 rings (SSSR count). The van der Waals surface area contributed by atoms with Crippen LogP contribution in [0.5, 0.6) is 11.5 Å². The van der Waals surface area contributed by atoms with Crippen LogP contribution in [0.25, 0.3) is 0 Å². The SMILES string of the molecule is COCC(=O)Nc1cc(Cl)ccc1Oc1ccc(Cl)cc1. The highest BCUT2D eigenvalue weighted by molar-refractivity contribution is 6.31. The van der Waals surface area contributed by atoms with Crippen molar-refractivity contribution in [1.29, 1.82) is 0 Å². The highest BCUT2D eigenvalue weighted by Gasteiger charge is 2.10. The van der Waals surface area contributed by atoms with Gasteiger partial charge in [-0.25, -0.2) is 0 Å². The molecule has 0 saturated heterocycles. The molecule has 0 bridgehead atoms. The fourth-order valence-corrected chi connectivity index (χ4v) is 1.93. The average Bonchev–Trinajstić information content (AvgIpc) is 2.44. The number of halogens is 2. The first-order chi connectivity index (χ1) is 10.1. The third kappa shape index (κ3) is 4.63. The zero-order valence-corrected chi connectivity index (χ0v) is 12.7. The van der Waals surface area contributed by atoms with Crippen molar-refractivity contribution in [3.63, 3.8) is 0 Å². The number of hydrogen-bond donors (Lipinski definition) is 1. The van der Waals surface area contributed by atoms with E-state index >= 15 is 0 Å². The molecule has 0 aliphatic carbocycles. The second-order valence-electron chi connectivity index (χ2n) is 4.18. The Bertz CT molecular complexity index is 629. The van der Waals surface area contributed by atoms with Gasteiger partial charge in [0.1, 0.15) is 12.4 Å². The standard InChI is InChI=1S/C15H13Cl2NO3/c1-20-9-15(19)18-13-8-11(17)4-7-14(13)21-12-5-2-10(16)3-6-12/h2-8H,9H2,1H3,(H,18,19). The molecule has 2 aromatic rings. The molecular weight excluding hydrogens is 313 g/mol. The molecule has 110 valence electrons. The summed E-state index contributed by atoms with van der Waals surface area (Å²) in [5.74, 6) is 0.788. The lowest BCUT2D eigenvalue weighted by atomic mass is 10.2. The van der Waals surface area contributed by atoms with Crippen molar-refractivity contribution in [3.8, 4) is 11.5 Å². The van der Waals surface area contributed by atoms with Crippen molar-refractivity contribution >= 4 is 34.8 Å². The molecule has 1 amide bonds. The quantitative estimate of drug-likeness (QED) is 0.887. The summed E-state index contributed by atoms with van der Waals surface area (Å²) in [6.45, 7) is -0.0487. The Morgan fingerprint density at radius 1 is 1.10 bits per heavy atom. The van der Waals surface area contributed by atoms with Gasteiger partial charge in [0.25, 0.3) is 0 Å². The molecule has 2 aromatic carbocycles. The van der Waals surface area contributed by atoms with Gasteiger partial charge in [0.15, 0.2) is 5.75 Å². The summed E-state index contributed by atoms with van der Waals surface area (Å²) in [6.07, 6.45) is 0. The van der Waals surface area contributed by atoms with Crippen LogP contribution in [0.3, 0.4) is 0 Å². The molecule has 0 aliphatic rings. The second kappa shape index (κ2) is 7.31. The second-order valence-corrected chi connectivity index (χ2v) is 5.05. The van der Waals surface area contributed by atoms with Crippen LogP contribution < -0.4 is 10.1 Å². The highest BCUT2D eigenvalue weighted by Crippen LogP contribution is 2.32. The fraction of sp³-hybridized carbons (Fsp3) is 0.133. The predicted molar refractivity (Wildman–Crippen MR) is 83.5 cm³/mol. The number of anilines is 1. The van der Waals surface area contributed by atoms with Gasteiger partial charge in [-0.3, -0.25) is 4.79 Å². The first-order valence-electron chi connectivity index (χ1n) is 6.10. The molecule has 0 aliphatic heterocycles. The van der Waals surface area contributed by atoms with Crippen LogP contribution in [0.2, 0.25) is 10.0 Å². The van der Waals surface area contributed by atoms with Crippen LogP contribution >= 0.6 is 23.2 Å². The summed E-state index contributed by atoms with van der Waals surface area (Å²) in [4.78, 5) is 11.6. The van der Waals surface area contributed by atoms with E-state index in [0.29, 0.717) is 27.2 Å². The topological polar surface area (TPSA) is 47.6 Å². The Morgan fingerprint density at radius 2 is 1.76 bits per heavy atom. The summed E-state index contributed by atoms with van der Waals surface area (Å²) < 4.78 is 10.5. The third-order valence-electron chi connectivity index (χ3n) is 2.53. The van der Waals surface area contributed by atoms with Crippen LogP contribution in [0.4, 0.5) is 5.69 Å². The highest BCUT2D eigenvalue weighted by atomic mass is 35.5. The summed E-state index contributed by atoms with van der Waals surface area (Å²) >= 11 is 11.8. The van der Waals surface area contributed by atoms with Crippen LogP contribution in [-0.2, 0) is 9.53 Å². The molecular formula is C15H13Cl2NO3. The zero-order valence-electron chi connectivity index (χ0n) is 11.2. The van der Waals surface area contributed by atoms with Gasteiger partial charge in [-0.1, -0.05) is 23.2 Å². The van der Waals surface area contributed by atoms with Gasteiger partial charge in [0.05, 0.1) is 5.69 Å². The predicted octanol–water partition coefficient (Wildman–Crippen LogP) is 4.37. The molecule has 0 heterocycles. The smallest absolute Gasteiger partial charge is 0.250 e. The van der Waals surface area contributed by atoms with E-state index in [-0.39, 0.29) is 12.5 Å². The number of benzene rings is 2. The molecule has 0 saturated carbocycles. The molecule has 6 heteroatoms.